The highest BCUT2D eigenvalue weighted by molar-refractivity contribution is 7.19. The summed E-state index contributed by atoms with van der Waals surface area (Å²) in [5.74, 6) is 0. The van der Waals surface area contributed by atoms with E-state index in [0.29, 0.717) is 5.69 Å². The summed E-state index contributed by atoms with van der Waals surface area (Å²) in [6, 6.07) is 17.9. The van der Waals surface area contributed by atoms with Crippen molar-refractivity contribution in [3.8, 4) is 10.6 Å². The molecule has 26 heavy (non-hydrogen) atoms. The summed E-state index contributed by atoms with van der Waals surface area (Å²) in [6.07, 6.45) is 0.865. The Morgan fingerprint density at radius 2 is 1.58 bits per heavy atom. The van der Waals surface area contributed by atoms with Gasteiger partial charge < -0.3 is 9.80 Å². The highest BCUT2D eigenvalue weighted by atomic mass is 35.5. The van der Waals surface area contributed by atoms with Crippen molar-refractivity contribution in [2.75, 3.05) is 36.0 Å². The second-order valence-electron chi connectivity index (χ2n) is 6.14. The number of piperazine rings is 1. The first-order valence-corrected chi connectivity index (χ1v) is 9.71. The van der Waals surface area contributed by atoms with Crippen molar-refractivity contribution in [1.29, 1.82) is 0 Å². The van der Waals surface area contributed by atoms with Crippen LogP contribution in [0.25, 0.3) is 10.6 Å². The molecule has 3 aromatic rings. The molecule has 0 aliphatic carbocycles. The van der Waals surface area contributed by atoms with E-state index in [9.17, 15) is 4.79 Å². The molecule has 0 atom stereocenters. The molecule has 0 radical (unpaired) electrons. The molecule has 2 heterocycles. The highest BCUT2D eigenvalue weighted by Gasteiger charge is 2.23. The number of carbonyl (C=O) groups excluding carboxylic acids is 1. The molecule has 0 saturated carbocycles. The largest absolute Gasteiger partial charge is 0.368 e. The molecule has 1 fully saturated rings. The molecule has 0 N–H and O–H groups in total. The van der Waals surface area contributed by atoms with E-state index in [0.717, 1.165) is 53.1 Å². The van der Waals surface area contributed by atoms with Gasteiger partial charge in [-0.15, -0.1) is 0 Å². The summed E-state index contributed by atoms with van der Waals surface area (Å²) in [6.45, 7) is 3.52. The van der Waals surface area contributed by atoms with Crippen molar-refractivity contribution in [2.24, 2.45) is 0 Å². The van der Waals surface area contributed by atoms with Gasteiger partial charge in [0.1, 0.15) is 15.7 Å². The van der Waals surface area contributed by atoms with Crippen LogP contribution in [0, 0.1) is 0 Å². The molecular weight excluding hydrogens is 366 g/mol. The Bertz CT molecular complexity index is 887. The van der Waals surface area contributed by atoms with E-state index in [4.69, 9.17) is 11.6 Å². The van der Waals surface area contributed by atoms with E-state index in [2.05, 4.69) is 26.9 Å². The smallest absolute Gasteiger partial charge is 0.171 e. The minimum atomic E-state index is 0.536. The lowest BCUT2D eigenvalue weighted by Crippen LogP contribution is -2.46. The minimum absolute atomic E-state index is 0.536. The lowest BCUT2D eigenvalue weighted by atomic mass is 10.2. The maximum absolute atomic E-state index is 11.5. The number of aromatic nitrogens is 1. The third kappa shape index (κ3) is 3.45. The number of benzene rings is 2. The van der Waals surface area contributed by atoms with E-state index in [1.807, 2.05) is 42.5 Å². The molecule has 0 amide bonds. The number of nitrogens with zero attached hydrogens (tertiary/aromatic N) is 3. The third-order valence-electron chi connectivity index (χ3n) is 4.53. The van der Waals surface area contributed by atoms with E-state index in [1.54, 1.807) is 11.3 Å². The van der Waals surface area contributed by atoms with Crippen LogP contribution < -0.4 is 9.80 Å². The Kier molecular flexibility index (Phi) is 4.91. The van der Waals surface area contributed by atoms with Gasteiger partial charge in [0.2, 0.25) is 0 Å². The van der Waals surface area contributed by atoms with Crippen molar-refractivity contribution in [1.82, 2.24) is 4.98 Å². The van der Waals surface area contributed by atoms with Gasteiger partial charge in [-0.3, -0.25) is 4.79 Å². The number of carbonyl (C=O) groups is 1. The van der Waals surface area contributed by atoms with Gasteiger partial charge in [0.15, 0.2) is 6.29 Å². The van der Waals surface area contributed by atoms with Crippen molar-refractivity contribution in [3.63, 3.8) is 0 Å². The molecule has 2 aromatic carbocycles. The average molecular weight is 384 g/mol. The molecule has 1 aromatic heterocycles. The van der Waals surface area contributed by atoms with E-state index in [-0.39, 0.29) is 0 Å². The van der Waals surface area contributed by atoms with Gasteiger partial charge in [0.25, 0.3) is 0 Å². The van der Waals surface area contributed by atoms with E-state index in [1.165, 1.54) is 5.69 Å². The Hall–Kier alpha value is -2.37. The Morgan fingerprint density at radius 3 is 2.23 bits per heavy atom. The Labute approximate surface area is 161 Å². The number of hydrogen-bond acceptors (Lipinski definition) is 5. The van der Waals surface area contributed by atoms with Gasteiger partial charge in [-0.1, -0.05) is 53.3 Å². The number of rotatable bonds is 4. The minimum Gasteiger partial charge on any atom is -0.368 e. The zero-order valence-electron chi connectivity index (χ0n) is 14.1. The first-order chi connectivity index (χ1) is 12.7. The molecule has 132 valence electrons. The topological polar surface area (TPSA) is 36.4 Å². The van der Waals surface area contributed by atoms with E-state index >= 15 is 0 Å². The first-order valence-electron chi connectivity index (χ1n) is 8.51. The maximum atomic E-state index is 11.5. The van der Waals surface area contributed by atoms with Crippen LogP contribution in [-0.4, -0.2) is 37.4 Å². The monoisotopic (exact) mass is 383 g/mol. The lowest BCUT2D eigenvalue weighted by molar-refractivity contribution is 0.112. The molecule has 1 saturated heterocycles. The van der Waals surface area contributed by atoms with Gasteiger partial charge >= 0.3 is 0 Å². The second kappa shape index (κ2) is 7.48. The van der Waals surface area contributed by atoms with Crippen LogP contribution in [0.5, 0.6) is 0 Å². The maximum Gasteiger partial charge on any atom is 0.171 e. The SMILES string of the molecule is O=Cc1nc(-c2ccccc2)sc1N1CCN(c2ccc(Cl)cc2)CC1. The van der Waals surface area contributed by atoms with Crippen LogP contribution in [0.3, 0.4) is 0 Å². The van der Waals surface area contributed by atoms with Crippen LogP contribution in [0.1, 0.15) is 10.5 Å². The summed E-state index contributed by atoms with van der Waals surface area (Å²) in [5, 5.41) is 2.61. The summed E-state index contributed by atoms with van der Waals surface area (Å²) < 4.78 is 0. The van der Waals surface area contributed by atoms with Crippen molar-refractivity contribution in [2.45, 2.75) is 0 Å². The molecule has 4 nitrogen and oxygen atoms in total. The van der Waals surface area contributed by atoms with Crippen LogP contribution in [-0.2, 0) is 0 Å². The van der Waals surface area contributed by atoms with Crippen LogP contribution in [0.4, 0.5) is 10.7 Å². The van der Waals surface area contributed by atoms with Gasteiger partial charge in [0.05, 0.1) is 0 Å². The summed E-state index contributed by atoms with van der Waals surface area (Å²) in [5.41, 5.74) is 2.76. The highest BCUT2D eigenvalue weighted by Crippen LogP contribution is 2.34. The van der Waals surface area contributed by atoms with Crippen molar-refractivity contribution in [3.05, 3.63) is 65.3 Å². The zero-order valence-corrected chi connectivity index (χ0v) is 15.7. The Morgan fingerprint density at radius 1 is 0.923 bits per heavy atom. The normalized spacial score (nSPS) is 14.5. The van der Waals surface area contributed by atoms with Crippen LogP contribution in [0.2, 0.25) is 5.02 Å². The predicted molar refractivity (Wildman–Crippen MR) is 109 cm³/mol. The molecule has 0 unspecified atom stereocenters. The standard InChI is InChI=1S/C20H18ClN3OS/c21-16-6-8-17(9-7-16)23-10-12-24(13-11-23)20-18(14-25)22-19(26-20)15-4-2-1-3-5-15/h1-9,14H,10-13H2. The van der Waals surface area contributed by atoms with E-state index < -0.39 is 0 Å². The fourth-order valence-corrected chi connectivity index (χ4v) is 4.37. The number of thiazole rings is 1. The molecule has 6 heteroatoms. The molecule has 0 spiro atoms. The molecule has 4 rings (SSSR count). The quantitative estimate of drug-likeness (QED) is 0.617. The van der Waals surface area contributed by atoms with Crippen LogP contribution in [0.15, 0.2) is 54.6 Å². The number of aldehydes is 1. The van der Waals surface area contributed by atoms with Crippen molar-refractivity contribution >= 4 is 39.9 Å². The van der Waals surface area contributed by atoms with Gasteiger partial charge in [-0.2, -0.15) is 0 Å². The summed E-state index contributed by atoms with van der Waals surface area (Å²) in [7, 11) is 0. The number of anilines is 2. The third-order valence-corrected chi connectivity index (χ3v) is 5.96. The molecule has 1 aliphatic rings. The van der Waals surface area contributed by atoms with Gasteiger partial charge in [-0.25, -0.2) is 4.98 Å². The fourth-order valence-electron chi connectivity index (χ4n) is 3.15. The molecular formula is C20H18ClN3OS. The Balaban J connectivity index is 1.51. The van der Waals surface area contributed by atoms with Gasteiger partial charge in [-0.05, 0) is 24.3 Å². The van der Waals surface area contributed by atoms with Crippen LogP contribution >= 0.6 is 22.9 Å². The summed E-state index contributed by atoms with van der Waals surface area (Å²) >= 11 is 7.56. The molecule has 1 aliphatic heterocycles. The van der Waals surface area contributed by atoms with Crippen molar-refractivity contribution < 1.29 is 4.79 Å². The fraction of sp³-hybridized carbons (Fsp3) is 0.200. The first kappa shape index (κ1) is 17.1. The average Bonchev–Trinajstić information content (AvgIpc) is 3.14. The van der Waals surface area contributed by atoms with Gasteiger partial charge in [0, 0.05) is 42.5 Å². The predicted octanol–water partition coefficient (Wildman–Crippen LogP) is 4.60. The number of hydrogen-bond donors (Lipinski definition) is 0. The molecule has 0 bridgehead atoms. The number of halogens is 1. The summed E-state index contributed by atoms with van der Waals surface area (Å²) in [4.78, 5) is 20.7. The second-order valence-corrected chi connectivity index (χ2v) is 7.56. The zero-order chi connectivity index (χ0) is 17.9. The lowest BCUT2D eigenvalue weighted by Gasteiger charge is -2.36.